The summed E-state index contributed by atoms with van der Waals surface area (Å²) in [6.45, 7) is 1.74. The first kappa shape index (κ1) is 6.00. The van der Waals surface area contributed by atoms with E-state index in [2.05, 4.69) is 3.79 Å². The third-order valence-electron chi connectivity index (χ3n) is 0.420. The van der Waals surface area contributed by atoms with Gasteiger partial charge in [0.1, 0.15) is 0 Å². The second-order valence-electron chi connectivity index (χ2n) is 0.843. The summed E-state index contributed by atoms with van der Waals surface area (Å²) in [5.74, 6) is -0.194. The van der Waals surface area contributed by atoms with Gasteiger partial charge in [-0.15, -0.1) is 0 Å². The molecule has 0 saturated heterocycles. The molecule has 0 bridgehead atoms. The van der Waals surface area contributed by atoms with Crippen molar-refractivity contribution in [3.05, 3.63) is 0 Å². The minimum absolute atomic E-state index is 0.194. The van der Waals surface area contributed by atoms with Crippen LogP contribution < -0.4 is 0 Å². The predicted molar refractivity (Wildman–Crippen MR) is 22.1 cm³/mol. The number of carbonyl (C=O) groups is 1. The van der Waals surface area contributed by atoms with E-state index in [1.54, 1.807) is 6.92 Å². The molecule has 0 saturated carbocycles. The van der Waals surface area contributed by atoms with Crippen LogP contribution in [0.4, 0.5) is 0 Å². The number of hydrogen-bond acceptors (Lipinski definition) is 2. The van der Waals surface area contributed by atoms with Crippen LogP contribution in [0, 0.1) is 0 Å². The molecular formula is C3H5AlO2+2. The van der Waals surface area contributed by atoms with E-state index >= 15 is 0 Å². The fourth-order valence-corrected chi connectivity index (χ4v) is 0.250. The third-order valence-corrected chi connectivity index (χ3v) is 0.683. The van der Waals surface area contributed by atoms with Gasteiger partial charge in [0, 0.05) is 0 Å². The number of rotatable bonds is 1. The summed E-state index contributed by atoms with van der Waals surface area (Å²) in [6.07, 6.45) is 0.448. The Labute approximate surface area is 45.2 Å². The SMILES string of the molecule is CCC(=O)[O][Al+2]. The summed E-state index contributed by atoms with van der Waals surface area (Å²) in [5, 5.41) is 0. The Balaban J connectivity index is 2.99. The second-order valence-corrected chi connectivity index (χ2v) is 1.08. The van der Waals surface area contributed by atoms with Crippen LogP contribution in [-0.2, 0) is 8.58 Å². The topological polar surface area (TPSA) is 26.3 Å². The van der Waals surface area contributed by atoms with E-state index in [1.165, 1.54) is 0 Å². The normalized spacial score (nSPS) is 7.83. The van der Waals surface area contributed by atoms with E-state index < -0.39 is 0 Å². The van der Waals surface area contributed by atoms with Gasteiger partial charge in [-0.2, -0.15) is 0 Å². The quantitative estimate of drug-likeness (QED) is 0.434. The fraction of sp³-hybridized carbons (Fsp3) is 0.667. The van der Waals surface area contributed by atoms with Gasteiger partial charge in [0.05, 0.1) is 0 Å². The van der Waals surface area contributed by atoms with Crippen molar-refractivity contribution < 1.29 is 8.58 Å². The molecule has 0 fully saturated rings. The Morgan fingerprint density at radius 2 is 2.50 bits per heavy atom. The summed E-state index contributed by atoms with van der Waals surface area (Å²) in [4.78, 5) is 9.94. The van der Waals surface area contributed by atoms with Gasteiger partial charge in [-0.1, -0.05) is 0 Å². The first-order chi connectivity index (χ1) is 2.81. The zero-order chi connectivity index (χ0) is 4.99. The zero-order valence-corrected chi connectivity index (χ0v) is 4.76. The molecule has 0 aliphatic carbocycles. The Kier molecular flexibility index (Phi) is 3.20. The van der Waals surface area contributed by atoms with Crippen molar-refractivity contribution >= 4 is 22.6 Å². The Morgan fingerprint density at radius 1 is 2.00 bits per heavy atom. The number of hydrogen-bond donors (Lipinski definition) is 0. The van der Waals surface area contributed by atoms with Crippen LogP contribution in [-0.4, -0.2) is 22.6 Å². The van der Waals surface area contributed by atoms with E-state index in [4.69, 9.17) is 0 Å². The number of carbonyl (C=O) groups excluding carboxylic acids is 1. The molecule has 0 spiro atoms. The van der Waals surface area contributed by atoms with Gasteiger partial charge < -0.3 is 0 Å². The van der Waals surface area contributed by atoms with Crippen LogP contribution in [0.3, 0.4) is 0 Å². The molecule has 0 aliphatic rings. The van der Waals surface area contributed by atoms with Crippen LogP contribution in [0.1, 0.15) is 13.3 Å². The maximum absolute atomic E-state index is 9.94. The molecule has 30 valence electrons. The average molecular weight is 100 g/mol. The fourth-order valence-electron chi connectivity index (χ4n) is 0.0833. The van der Waals surface area contributed by atoms with E-state index in [1.807, 2.05) is 16.6 Å². The van der Waals surface area contributed by atoms with Gasteiger partial charge in [0.15, 0.2) is 0 Å². The molecule has 0 aromatic heterocycles. The standard InChI is InChI=1S/C3H6O2.Al/c1-2-3(4)5;/h2H2,1H3,(H,4,5);/q;+3/p-1. The summed E-state index contributed by atoms with van der Waals surface area (Å²) >= 11 is 1.89. The molecule has 0 N–H and O–H groups in total. The molecule has 0 aromatic rings. The molecule has 0 amide bonds. The van der Waals surface area contributed by atoms with Crippen LogP contribution >= 0.6 is 0 Å². The predicted octanol–water partition coefficient (Wildman–Crippen LogP) is 0.0231. The van der Waals surface area contributed by atoms with Crippen molar-refractivity contribution in [1.29, 1.82) is 0 Å². The van der Waals surface area contributed by atoms with Crippen LogP contribution in [0.15, 0.2) is 0 Å². The van der Waals surface area contributed by atoms with E-state index in [0.717, 1.165) is 0 Å². The van der Waals surface area contributed by atoms with Crippen molar-refractivity contribution in [1.82, 2.24) is 0 Å². The maximum atomic E-state index is 9.94. The monoisotopic (exact) mass is 100 g/mol. The average Bonchev–Trinajstić information content (AvgIpc) is 1.65. The molecule has 0 radical (unpaired) electrons. The molecule has 6 heavy (non-hydrogen) atoms. The molecule has 0 aromatic carbocycles. The molecule has 0 rings (SSSR count). The summed E-state index contributed by atoms with van der Waals surface area (Å²) in [7, 11) is 0. The van der Waals surface area contributed by atoms with Crippen LogP contribution in [0.5, 0.6) is 0 Å². The van der Waals surface area contributed by atoms with Gasteiger partial charge >= 0.3 is 44.5 Å². The summed E-state index contributed by atoms with van der Waals surface area (Å²) in [6, 6.07) is 0. The molecule has 0 unspecified atom stereocenters. The van der Waals surface area contributed by atoms with E-state index in [-0.39, 0.29) is 5.97 Å². The van der Waals surface area contributed by atoms with E-state index in [0.29, 0.717) is 6.42 Å². The van der Waals surface area contributed by atoms with Crippen molar-refractivity contribution in [3.63, 3.8) is 0 Å². The van der Waals surface area contributed by atoms with E-state index in [9.17, 15) is 4.79 Å². The molecule has 0 atom stereocenters. The molecule has 0 heterocycles. The first-order valence-electron chi connectivity index (χ1n) is 1.70. The summed E-state index contributed by atoms with van der Waals surface area (Å²) < 4.78 is 4.18. The minimum atomic E-state index is -0.194. The Bertz CT molecular complexity index is 46.8. The van der Waals surface area contributed by atoms with Gasteiger partial charge in [-0.3, -0.25) is 0 Å². The molecular weight excluding hydrogens is 95.0 g/mol. The second kappa shape index (κ2) is 3.20. The van der Waals surface area contributed by atoms with Crippen molar-refractivity contribution in [3.8, 4) is 0 Å². The first-order valence-corrected chi connectivity index (χ1v) is 2.18. The third kappa shape index (κ3) is 2.25. The summed E-state index contributed by atoms with van der Waals surface area (Å²) in [5.41, 5.74) is 0. The van der Waals surface area contributed by atoms with Gasteiger partial charge in [0.2, 0.25) is 0 Å². The van der Waals surface area contributed by atoms with Crippen molar-refractivity contribution in [2.45, 2.75) is 13.3 Å². The van der Waals surface area contributed by atoms with Gasteiger partial charge in [-0.25, -0.2) is 0 Å². The Morgan fingerprint density at radius 3 is 2.50 bits per heavy atom. The van der Waals surface area contributed by atoms with Crippen molar-refractivity contribution in [2.24, 2.45) is 0 Å². The van der Waals surface area contributed by atoms with Crippen molar-refractivity contribution in [2.75, 3.05) is 0 Å². The van der Waals surface area contributed by atoms with Crippen LogP contribution in [0.2, 0.25) is 0 Å². The van der Waals surface area contributed by atoms with Gasteiger partial charge in [0.25, 0.3) is 0 Å². The zero-order valence-electron chi connectivity index (χ0n) is 3.60. The Hall–Kier alpha value is 0.00247. The van der Waals surface area contributed by atoms with Gasteiger partial charge in [-0.05, 0) is 0 Å². The van der Waals surface area contributed by atoms with Crippen LogP contribution in [0.25, 0.3) is 0 Å². The molecule has 2 nitrogen and oxygen atoms in total. The molecule has 0 aliphatic heterocycles. The molecule has 3 heteroatoms.